The van der Waals surface area contributed by atoms with Crippen LogP contribution in [0.4, 0.5) is 21.0 Å². The number of carbonyl (C=O) groups is 5. The van der Waals surface area contributed by atoms with Gasteiger partial charge < -0.3 is 31.1 Å². The largest absolute Gasteiger partial charge is 0.506 e. The Labute approximate surface area is 244 Å². The van der Waals surface area contributed by atoms with Gasteiger partial charge in [0.15, 0.2) is 0 Å². The van der Waals surface area contributed by atoms with Gasteiger partial charge in [0, 0.05) is 18.3 Å². The van der Waals surface area contributed by atoms with Gasteiger partial charge in [0.1, 0.15) is 17.3 Å². The third-order valence-corrected chi connectivity index (χ3v) is 7.64. The van der Waals surface area contributed by atoms with E-state index in [-0.39, 0.29) is 30.3 Å². The molecule has 2 aromatic carbocycles. The van der Waals surface area contributed by atoms with Gasteiger partial charge in [-0.2, -0.15) is 0 Å². The quantitative estimate of drug-likeness (QED) is 0.198. The van der Waals surface area contributed by atoms with Crippen LogP contribution in [0.15, 0.2) is 42.5 Å². The van der Waals surface area contributed by atoms with E-state index in [0.717, 1.165) is 23.3 Å². The fourth-order valence-corrected chi connectivity index (χ4v) is 5.01. The first-order valence-electron chi connectivity index (χ1n) is 13.9. The van der Waals surface area contributed by atoms with E-state index >= 15 is 0 Å². The molecule has 1 aliphatic carbocycles. The van der Waals surface area contributed by atoms with Gasteiger partial charge in [-0.25, -0.2) is 14.5 Å². The number of anilines is 2. The first-order valence-corrected chi connectivity index (χ1v) is 13.9. The number of benzene rings is 2. The Hall–Kier alpha value is -4.61. The second-order valence-electron chi connectivity index (χ2n) is 11.6. The molecular formula is C30H37N5O7. The lowest BCUT2D eigenvalue weighted by Gasteiger charge is -2.28. The maximum absolute atomic E-state index is 13.7. The third-order valence-electron chi connectivity index (χ3n) is 7.64. The summed E-state index contributed by atoms with van der Waals surface area (Å²) in [6.07, 6.45) is 1.79. The van der Waals surface area contributed by atoms with Crippen LogP contribution in [0.5, 0.6) is 5.75 Å². The number of hydrogen-bond acceptors (Lipinski definition) is 6. The first kappa shape index (κ1) is 30.4. The molecule has 2 aromatic rings. The summed E-state index contributed by atoms with van der Waals surface area (Å²) in [5.74, 6) is -2.19. The van der Waals surface area contributed by atoms with E-state index in [4.69, 9.17) is 5.11 Å². The molecule has 4 rings (SSSR count). The highest BCUT2D eigenvalue weighted by atomic mass is 16.4. The summed E-state index contributed by atoms with van der Waals surface area (Å²) in [6.45, 7) is 6.57. The Morgan fingerprint density at radius 1 is 1.05 bits per heavy atom. The van der Waals surface area contributed by atoms with Crippen LogP contribution in [0.3, 0.4) is 0 Å². The molecule has 2 fully saturated rings. The average molecular weight is 580 g/mol. The van der Waals surface area contributed by atoms with Gasteiger partial charge >= 0.3 is 18.0 Å². The fraction of sp³-hybridized carbons (Fsp3) is 0.433. The van der Waals surface area contributed by atoms with Crippen LogP contribution < -0.4 is 16.0 Å². The zero-order chi connectivity index (χ0) is 30.8. The van der Waals surface area contributed by atoms with Crippen LogP contribution in [0.25, 0.3) is 0 Å². The van der Waals surface area contributed by atoms with Gasteiger partial charge in [0.05, 0.1) is 12.1 Å². The van der Waals surface area contributed by atoms with Crippen molar-refractivity contribution in [3.8, 4) is 5.75 Å². The van der Waals surface area contributed by atoms with Crippen molar-refractivity contribution in [1.29, 1.82) is 0 Å². The predicted molar refractivity (Wildman–Crippen MR) is 155 cm³/mol. The van der Waals surface area contributed by atoms with Crippen molar-refractivity contribution in [1.82, 2.24) is 15.1 Å². The van der Waals surface area contributed by atoms with E-state index in [1.165, 1.54) is 17.0 Å². The molecule has 1 aliphatic heterocycles. The van der Waals surface area contributed by atoms with Gasteiger partial charge in [0.25, 0.3) is 5.91 Å². The molecule has 0 spiro atoms. The number of aliphatic carboxylic acids is 1. The molecule has 0 bridgehead atoms. The number of urea groups is 2. The number of carboxylic acid groups (broad SMARTS) is 1. The molecule has 224 valence electrons. The lowest BCUT2D eigenvalue weighted by atomic mass is 10.0. The van der Waals surface area contributed by atoms with Crippen molar-refractivity contribution in [2.45, 2.75) is 77.5 Å². The monoisotopic (exact) mass is 579 g/mol. The highest BCUT2D eigenvalue weighted by Gasteiger charge is 2.55. The van der Waals surface area contributed by atoms with Crippen molar-refractivity contribution in [2.75, 3.05) is 10.6 Å². The number of carboxylic acids is 1. The molecule has 42 heavy (non-hydrogen) atoms. The molecule has 2 aliphatic rings. The van der Waals surface area contributed by atoms with Crippen LogP contribution in [0, 0.1) is 12.8 Å². The molecule has 0 unspecified atom stereocenters. The van der Waals surface area contributed by atoms with Crippen molar-refractivity contribution in [3.63, 3.8) is 0 Å². The maximum atomic E-state index is 13.7. The Morgan fingerprint density at radius 2 is 1.71 bits per heavy atom. The Kier molecular flexibility index (Phi) is 8.74. The molecule has 2 atom stereocenters. The summed E-state index contributed by atoms with van der Waals surface area (Å²) in [6, 6.07) is 8.87. The van der Waals surface area contributed by atoms with Crippen molar-refractivity contribution in [2.24, 2.45) is 5.92 Å². The van der Waals surface area contributed by atoms with E-state index in [2.05, 4.69) is 16.0 Å². The molecule has 0 radical (unpaired) electrons. The van der Waals surface area contributed by atoms with Crippen molar-refractivity contribution < 1.29 is 34.2 Å². The number of aryl methyl sites for hydroxylation is 1. The summed E-state index contributed by atoms with van der Waals surface area (Å²) in [5, 5.41) is 27.7. The number of rotatable bonds is 11. The number of carbonyl (C=O) groups excluding carboxylic acids is 4. The second-order valence-corrected chi connectivity index (χ2v) is 11.6. The predicted octanol–water partition coefficient (Wildman–Crippen LogP) is 4.04. The summed E-state index contributed by atoms with van der Waals surface area (Å²) in [7, 11) is 0. The lowest BCUT2D eigenvalue weighted by Crippen LogP contribution is -2.52. The number of phenols is 1. The minimum Gasteiger partial charge on any atom is -0.506 e. The van der Waals surface area contributed by atoms with Gasteiger partial charge in [0.2, 0.25) is 5.91 Å². The SMILES string of the molecule is Cc1ccccc1NC(=O)Nc1ccc(CN2C(=O)N([C@@H](CC3CC3)C(=O)N[C@H](C)CC(=O)O)C(=O)C2(C)C)cc1O. The van der Waals surface area contributed by atoms with Crippen LogP contribution in [-0.4, -0.2) is 67.5 Å². The fourth-order valence-electron chi connectivity index (χ4n) is 5.01. The molecule has 0 aromatic heterocycles. The second kappa shape index (κ2) is 12.1. The maximum Gasteiger partial charge on any atom is 0.328 e. The lowest BCUT2D eigenvalue weighted by molar-refractivity contribution is -0.140. The standard InChI is InChI=1S/C30H37N5O7/c1-17-7-5-6-8-21(17)32-28(41)33-22-12-11-20(15-24(22)36)16-34-29(42)35(27(40)30(34,3)4)23(14-19-9-10-19)26(39)31-18(2)13-25(37)38/h5-8,11-12,15,18-19,23,36H,9-10,13-14,16H2,1-4H3,(H,31,39)(H,37,38)(H2,32,33,41)/t18-,23+/m1/s1. The first-order chi connectivity index (χ1) is 19.8. The minimum atomic E-state index is -1.29. The zero-order valence-corrected chi connectivity index (χ0v) is 24.1. The number of amides is 6. The van der Waals surface area contributed by atoms with Crippen molar-refractivity contribution >= 4 is 41.2 Å². The van der Waals surface area contributed by atoms with E-state index < -0.39 is 47.5 Å². The van der Waals surface area contributed by atoms with Gasteiger partial charge in [-0.3, -0.25) is 14.4 Å². The average Bonchev–Trinajstić information content (AvgIpc) is 3.70. The van der Waals surface area contributed by atoms with Crippen molar-refractivity contribution in [3.05, 3.63) is 53.6 Å². The normalized spacial score (nSPS) is 17.5. The van der Waals surface area contributed by atoms with E-state index in [9.17, 15) is 29.1 Å². The highest BCUT2D eigenvalue weighted by Crippen LogP contribution is 2.38. The van der Waals surface area contributed by atoms with Crippen LogP contribution in [-0.2, 0) is 20.9 Å². The number of aromatic hydroxyl groups is 1. The van der Waals surface area contributed by atoms with E-state index in [0.29, 0.717) is 17.7 Å². The molecule has 12 nitrogen and oxygen atoms in total. The number of nitrogens with zero attached hydrogens (tertiary/aromatic N) is 2. The van der Waals surface area contributed by atoms with Gasteiger partial charge in [-0.05, 0) is 69.4 Å². The number of hydrogen-bond donors (Lipinski definition) is 5. The van der Waals surface area contributed by atoms with Crippen LogP contribution >= 0.6 is 0 Å². The van der Waals surface area contributed by atoms with E-state index in [1.807, 2.05) is 19.1 Å². The topological polar surface area (TPSA) is 168 Å². The zero-order valence-electron chi connectivity index (χ0n) is 24.1. The molecule has 1 saturated heterocycles. The minimum absolute atomic E-state index is 0.0372. The van der Waals surface area contributed by atoms with Gasteiger partial charge in [-0.15, -0.1) is 0 Å². The summed E-state index contributed by atoms with van der Waals surface area (Å²) < 4.78 is 0. The number of imide groups is 1. The van der Waals surface area contributed by atoms with Gasteiger partial charge in [-0.1, -0.05) is 37.1 Å². The number of para-hydroxylation sites is 1. The summed E-state index contributed by atoms with van der Waals surface area (Å²) in [4.78, 5) is 66.3. The Morgan fingerprint density at radius 3 is 2.33 bits per heavy atom. The summed E-state index contributed by atoms with van der Waals surface area (Å²) >= 11 is 0. The third kappa shape index (κ3) is 6.81. The molecule has 6 amide bonds. The number of phenolic OH excluding ortho intramolecular Hbond substituents is 1. The molecule has 1 heterocycles. The summed E-state index contributed by atoms with van der Waals surface area (Å²) in [5.41, 5.74) is 0.879. The smallest absolute Gasteiger partial charge is 0.328 e. The Bertz CT molecular complexity index is 1400. The van der Waals surface area contributed by atoms with Crippen LogP contribution in [0.2, 0.25) is 0 Å². The Balaban J connectivity index is 1.48. The van der Waals surface area contributed by atoms with Crippen LogP contribution in [0.1, 0.15) is 57.6 Å². The molecule has 1 saturated carbocycles. The number of nitrogens with one attached hydrogen (secondary N) is 3. The molecule has 12 heteroatoms. The van der Waals surface area contributed by atoms with E-state index in [1.54, 1.807) is 39.0 Å². The molecular weight excluding hydrogens is 542 g/mol. The molecule has 5 N–H and O–H groups in total. The highest BCUT2D eigenvalue weighted by molar-refractivity contribution is 6.09.